The number of hydrogen-bond donors (Lipinski definition) is 0. The van der Waals surface area contributed by atoms with Gasteiger partial charge in [0.15, 0.2) is 0 Å². The van der Waals surface area contributed by atoms with Gasteiger partial charge in [-0.15, -0.1) is 0 Å². The molecule has 6 heteroatoms. The van der Waals surface area contributed by atoms with E-state index in [1.54, 1.807) is 0 Å². The molecule has 1 radical (unpaired) electrons. The maximum Gasteiger partial charge on any atom is 0.454 e. The number of rotatable bonds is 6. The summed E-state index contributed by atoms with van der Waals surface area (Å²) in [5.74, 6) is -5.43. The van der Waals surface area contributed by atoms with Gasteiger partial charge in [-0.25, -0.2) is 0 Å². The van der Waals surface area contributed by atoms with Crippen molar-refractivity contribution in [2.75, 3.05) is 11.5 Å². The van der Waals surface area contributed by atoms with Gasteiger partial charge < -0.3 is 0 Å². The first kappa shape index (κ1) is 14.0. The summed E-state index contributed by atoms with van der Waals surface area (Å²) < 4.78 is 59.5. The molecular formula is C8H12F5S. The standard InChI is InChI=1S/C8H12F5S/c1-2-3-4-5-14-6-7(9,10)8(11,12)13/h1-6H2. The molecule has 0 aromatic rings. The van der Waals surface area contributed by atoms with Crippen LogP contribution in [0.25, 0.3) is 0 Å². The van der Waals surface area contributed by atoms with Crippen molar-refractivity contribution < 1.29 is 22.0 Å². The number of hydrogen-bond acceptors (Lipinski definition) is 1. The third-order valence-electron chi connectivity index (χ3n) is 1.49. The Kier molecular flexibility index (Phi) is 5.78. The Morgan fingerprint density at radius 3 is 2.00 bits per heavy atom. The van der Waals surface area contributed by atoms with E-state index in [4.69, 9.17) is 0 Å². The SMILES string of the molecule is [CH2]CCCCSCC(F)(F)C(F)(F)F. The van der Waals surface area contributed by atoms with E-state index in [0.29, 0.717) is 30.4 Å². The van der Waals surface area contributed by atoms with E-state index in [2.05, 4.69) is 6.92 Å². The highest BCUT2D eigenvalue weighted by molar-refractivity contribution is 7.99. The molecular weight excluding hydrogens is 223 g/mol. The molecule has 0 aliphatic rings. The Bertz CT molecular complexity index is 154. The zero-order valence-electron chi connectivity index (χ0n) is 7.54. The Balaban J connectivity index is 3.67. The normalized spacial score (nSPS) is 13.3. The maximum atomic E-state index is 12.3. The van der Waals surface area contributed by atoms with Crippen LogP contribution in [0.1, 0.15) is 19.3 Å². The molecule has 85 valence electrons. The molecule has 0 rings (SSSR count). The first-order valence-electron chi connectivity index (χ1n) is 4.13. The summed E-state index contributed by atoms with van der Waals surface area (Å²) in [5.41, 5.74) is 0. The van der Waals surface area contributed by atoms with Crippen LogP contribution in [0.3, 0.4) is 0 Å². The lowest BCUT2D eigenvalue weighted by Crippen LogP contribution is -2.38. The van der Waals surface area contributed by atoms with Crippen molar-refractivity contribution in [2.45, 2.75) is 31.4 Å². The molecule has 0 aliphatic heterocycles. The van der Waals surface area contributed by atoms with E-state index in [1.807, 2.05) is 0 Å². The number of thioether (sulfide) groups is 1. The van der Waals surface area contributed by atoms with Crippen molar-refractivity contribution in [3.8, 4) is 0 Å². The lowest BCUT2D eigenvalue weighted by molar-refractivity contribution is -0.271. The van der Waals surface area contributed by atoms with Crippen LogP contribution in [0.15, 0.2) is 0 Å². The van der Waals surface area contributed by atoms with Gasteiger partial charge in [0.05, 0.1) is 5.75 Å². The molecule has 0 heterocycles. The minimum Gasteiger partial charge on any atom is -0.195 e. The molecule has 0 amide bonds. The van der Waals surface area contributed by atoms with Crippen LogP contribution in [-0.2, 0) is 0 Å². The average molecular weight is 235 g/mol. The quantitative estimate of drug-likeness (QED) is 0.496. The third-order valence-corrected chi connectivity index (χ3v) is 2.63. The maximum absolute atomic E-state index is 12.3. The van der Waals surface area contributed by atoms with Crippen molar-refractivity contribution in [1.82, 2.24) is 0 Å². The van der Waals surface area contributed by atoms with Crippen LogP contribution in [0.5, 0.6) is 0 Å². The van der Waals surface area contributed by atoms with Gasteiger partial charge in [0.25, 0.3) is 0 Å². The zero-order chi connectivity index (χ0) is 11.2. The molecule has 14 heavy (non-hydrogen) atoms. The second-order valence-electron chi connectivity index (χ2n) is 2.82. The van der Waals surface area contributed by atoms with Gasteiger partial charge in [-0.05, 0) is 12.2 Å². The highest BCUT2D eigenvalue weighted by Crippen LogP contribution is 2.37. The van der Waals surface area contributed by atoms with E-state index < -0.39 is 17.9 Å². The number of alkyl halides is 5. The van der Waals surface area contributed by atoms with E-state index in [9.17, 15) is 22.0 Å². The summed E-state index contributed by atoms with van der Waals surface area (Å²) in [5, 5.41) is 0. The molecule has 0 fully saturated rings. The topological polar surface area (TPSA) is 0 Å². The van der Waals surface area contributed by atoms with Gasteiger partial charge in [-0.2, -0.15) is 33.7 Å². The first-order chi connectivity index (χ1) is 6.31. The largest absolute Gasteiger partial charge is 0.454 e. The molecule has 0 aromatic carbocycles. The minimum absolute atomic E-state index is 0.321. The monoisotopic (exact) mass is 235 g/mol. The molecule has 0 unspecified atom stereocenters. The Hall–Kier alpha value is -0.0000000000000000555. The summed E-state index contributed by atoms with van der Waals surface area (Å²) in [6.07, 6.45) is -3.37. The van der Waals surface area contributed by atoms with Gasteiger partial charge >= 0.3 is 12.1 Å². The summed E-state index contributed by atoms with van der Waals surface area (Å²) in [7, 11) is 0. The van der Waals surface area contributed by atoms with Crippen molar-refractivity contribution >= 4 is 11.8 Å². The Morgan fingerprint density at radius 1 is 1.00 bits per heavy atom. The lowest BCUT2D eigenvalue weighted by atomic mass is 10.3. The summed E-state index contributed by atoms with van der Waals surface area (Å²) >= 11 is 0.629. The van der Waals surface area contributed by atoms with E-state index in [1.165, 1.54) is 0 Å². The molecule has 0 N–H and O–H groups in total. The number of halogens is 5. The smallest absolute Gasteiger partial charge is 0.195 e. The van der Waals surface area contributed by atoms with Gasteiger partial charge in [0.1, 0.15) is 0 Å². The molecule has 0 spiro atoms. The highest BCUT2D eigenvalue weighted by atomic mass is 32.2. The summed E-state index contributed by atoms with van der Waals surface area (Å²) in [4.78, 5) is 0. The van der Waals surface area contributed by atoms with Gasteiger partial charge in [0.2, 0.25) is 0 Å². The van der Waals surface area contributed by atoms with Crippen LogP contribution in [-0.4, -0.2) is 23.6 Å². The van der Waals surface area contributed by atoms with Crippen molar-refractivity contribution in [3.05, 3.63) is 6.92 Å². The van der Waals surface area contributed by atoms with E-state index in [-0.39, 0.29) is 0 Å². The van der Waals surface area contributed by atoms with E-state index in [0.717, 1.165) is 6.42 Å². The molecule has 0 saturated carbocycles. The highest BCUT2D eigenvalue weighted by Gasteiger charge is 2.56. The van der Waals surface area contributed by atoms with Crippen molar-refractivity contribution in [3.63, 3.8) is 0 Å². The van der Waals surface area contributed by atoms with Crippen LogP contribution < -0.4 is 0 Å². The van der Waals surface area contributed by atoms with Crippen molar-refractivity contribution in [1.29, 1.82) is 0 Å². The number of unbranched alkanes of at least 4 members (excludes halogenated alkanes) is 2. The average Bonchev–Trinajstić information content (AvgIpc) is 2.02. The van der Waals surface area contributed by atoms with Gasteiger partial charge in [0, 0.05) is 0 Å². The fourth-order valence-corrected chi connectivity index (χ4v) is 1.64. The van der Waals surface area contributed by atoms with Crippen LogP contribution >= 0.6 is 11.8 Å². The summed E-state index contributed by atoms with van der Waals surface area (Å²) in [6, 6.07) is 0. The molecule has 0 bridgehead atoms. The molecule has 0 atom stereocenters. The fourth-order valence-electron chi connectivity index (χ4n) is 0.663. The minimum atomic E-state index is -5.42. The Labute approximate surface area is 84.2 Å². The zero-order valence-corrected chi connectivity index (χ0v) is 8.36. The van der Waals surface area contributed by atoms with Crippen LogP contribution in [0.2, 0.25) is 0 Å². The molecule has 0 aliphatic carbocycles. The van der Waals surface area contributed by atoms with Crippen molar-refractivity contribution in [2.24, 2.45) is 0 Å². The summed E-state index contributed by atoms with van der Waals surface area (Å²) in [6.45, 7) is 3.53. The van der Waals surface area contributed by atoms with E-state index >= 15 is 0 Å². The first-order valence-corrected chi connectivity index (χ1v) is 5.28. The van der Waals surface area contributed by atoms with Gasteiger partial charge in [-0.1, -0.05) is 19.8 Å². The third kappa shape index (κ3) is 5.02. The Morgan fingerprint density at radius 2 is 1.57 bits per heavy atom. The predicted octanol–water partition coefficient (Wildman–Crippen LogP) is 3.92. The molecule has 0 aromatic heterocycles. The second-order valence-corrected chi connectivity index (χ2v) is 3.92. The molecule has 0 saturated heterocycles. The lowest BCUT2D eigenvalue weighted by Gasteiger charge is -2.18. The van der Waals surface area contributed by atoms with Gasteiger partial charge in [-0.3, -0.25) is 0 Å². The second kappa shape index (κ2) is 5.78. The molecule has 0 nitrogen and oxygen atoms in total. The van der Waals surface area contributed by atoms with Crippen LogP contribution in [0.4, 0.5) is 22.0 Å². The fraction of sp³-hybridized carbons (Fsp3) is 0.875. The van der Waals surface area contributed by atoms with Crippen LogP contribution in [0, 0.1) is 6.92 Å². The predicted molar refractivity (Wildman–Crippen MR) is 47.5 cm³/mol.